The summed E-state index contributed by atoms with van der Waals surface area (Å²) in [6, 6.07) is 6.33. The summed E-state index contributed by atoms with van der Waals surface area (Å²) in [5.41, 5.74) is 1.41. The van der Waals surface area contributed by atoms with Gasteiger partial charge in [-0.15, -0.1) is 0 Å². The van der Waals surface area contributed by atoms with Crippen molar-refractivity contribution in [3.05, 3.63) is 53.3 Å². The van der Waals surface area contributed by atoms with Crippen LogP contribution in [0.5, 0.6) is 5.75 Å². The maximum absolute atomic E-state index is 12.2. The lowest BCUT2D eigenvalue weighted by molar-refractivity contribution is 0.0698. The van der Waals surface area contributed by atoms with Gasteiger partial charge in [-0.05, 0) is 30.7 Å². The molecule has 2 rings (SSSR count). The Bertz CT molecular complexity index is 698. The first-order chi connectivity index (χ1) is 10.0. The van der Waals surface area contributed by atoms with Crippen LogP contribution in [0.15, 0.2) is 36.7 Å². The van der Waals surface area contributed by atoms with Crippen molar-refractivity contribution in [3.8, 4) is 5.75 Å². The minimum atomic E-state index is -1.13. The fourth-order valence-corrected chi connectivity index (χ4v) is 1.84. The Morgan fingerprint density at radius 1 is 1.29 bits per heavy atom. The van der Waals surface area contributed by atoms with Crippen molar-refractivity contribution >= 4 is 17.6 Å². The van der Waals surface area contributed by atoms with Crippen LogP contribution in [0, 0.1) is 6.92 Å². The predicted molar refractivity (Wildman–Crippen MR) is 76.9 cm³/mol. The number of rotatable bonds is 4. The summed E-state index contributed by atoms with van der Waals surface area (Å²) in [7, 11) is 1.52. The van der Waals surface area contributed by atoms with Crippen molar-refractivity contribution in [2.75, 3.05) is 12.4 Å². The molecule has 0 aliphatic heterocycles. The summed E-state index contributed by atoms with van der Waals surface area (Å²) in [5.74, 6) is -0.967. The lowest BCUT2D eigenvalue weighted by Crippen LogP contribution is -2.15. The molecule has 0 aliphatic carbocycles. The van der Waals surface area contributed by atoms with Gasteiger partial charge in [-0.25, -0.2) is 4.79 Å². The maximum Gasteiger partial charge on any atom is 0.337 e. The van der Waals surface area contributed by atoms with Crippen LogP contribution in [-0.4, -0.2) is 29.1 Å². The van der Waals surface area contributed by atoms with Gasteiger partial charge in [0.2, 0.25) is 0 Å². The molecule has 0 saturated carbocycles. The minimum Gasteiger partial charge on any atom is -0.496 e. The van der Waals surface area contributed by atoms with E-state index in [1.807, 2.05) is 6.92 Å². The summed E-state index contributed by atoms with van der Waals surface area (Å²) in [4.78, 5) is 27.1. The van der Waals surface area contributed by atoms with Crippen LogP contribution in [0.4, 0.5) is 5.69 Å². The highest BCUT2D eigenvalue weighted by molar-refractivity contribution is 6.07. The van der Waals surface area contributed by atoms with E-state index in [9.17, 15) is 9.59 Å². The summed E-state index contributed by atoms with van der Waals surface area (Å²) < 4.78 is 5.16. The molecule has 2 N–H and O–H groups in total. The quantitative estimate of drug-likeness (QED) is 0.900. The monoisotopic (exact) mass is 286 g/mol. The highest BCUT2D eigenvalue weighted by Crippen LogP contribution is 2.20. The first-order valence-electron chi connectivity index (χ1n) is 6.16. The number of hydrogen-bond donors (Lipinski definition) is 2. The predicted octanol–water partition coefficient (Wildman–Crippen LogP) is 2.35. The van der Waals surface area contributed by atoms with E-state index in [0.29, 0.717) is 11.3 Å². The van der Waals surface area contributed by atoms with Crippen LogP contribution in [-0.2, 0) is 0 Å². The molecule has 1 amide bonds. The first-order valence-corrected chi connectivity index (χ1v) is 6.16. The Balaban J connectivity index is 2.28. The summed E-state index contributed by atoms with van der Waals surface area (Å²) in [6.07, 6.45) is 2.65. The van der Waals surface area contributed by atoms with Gasteiger partial charge in [0.05, 0.1) is 24.6 Å². The van der Waals surface area contributed by atoms with E-state index in [4.69, 9.17) is 9.84 Å². The third kappa shape index (κ3) is 3.17. The van der Waals surface area contributed by atoms with Crippen LogP contribution < -0.4 is 10.1 Å². The van der Waals surface area contributed by atoms with E-state index in [2.05, 4.69) is 10.3 Å². The number of carbonyl (C=O) groups excluding carboxylic acids is 1. The van der Waals surface area contributed by atoms with Crippen LogP contribution >= 0.6 is 0 Å². The Labute approximate surface area is 121 Å². The van der Waals surface area contributed by atoms with Gasteiger partial charge in [0.25, 0.3) is 5.91 Å². The van der Waals surface area contributed by atoms with E-state index in [-0.39, 0.29) is 11.3 Å². The van der Waals surface area contributed by atoms with Crippen molar-refractivity contribution < 1.29 is 19.4 Å². The van der Waals surface area contributed by atoms with Gasteiger partial charge in [-0.1, -0.05) is 6.07 Å². The Kier molecular flexibility index (Phi) is 4.18. The number of benzene rings is 1. The number of aromatic nitrogens is 1. The molecule has 0 saturated heterocycles. The molecule has 0 atom stereocenters. The van der Waals surface area contributed by atoms with Gasteiger partial charge in [-0.2, -0.15) is 0 Å². The standard InChI is InChI=1S/C15H14N2O4/c1-9-3-4-10(7-13(9)21-2)14(18)17-12-8-16-6-5-11(12)15(19)20/h3-8H,1-2H3,(H,17,18)(H,19,20). The zero-order chi connectivity index (χ0) is 15.4. The van der Waals surface area contributed by atoms with Gasteiger partial charge < -0.3 is 15.2 Å². The fraction of sp³-hybridized carbons (Fsp3) is 0.133. The smallest absolute Gasteiger partial charge is 0.337 e. The normalized spacial score (nSPS) is 10.0. The second kappa shape index (κ2) is 6.04. The molecule has 1 aromatic carbocycles. The van der Waals surface area contributed by atoms with Crippen LogP contribution in [0.1, 0.15) is 26.3 Å². The minimum absolute atomic E-state index is 0.0163. The SMILES string of the molecule is COc1cc(C(=O)Nc2cnccc2C(=O)O)ccc1C. The molecular formula is C15H14N2O4. The van der Waals surface area contributed by atoms with Crippen molar-refractivity contribution in [1.82, 2.24) is 4.98 Å². The van der Waals surface area contributed by atoms with E-state index in [0.717, 1.165) is 5.56 Å². The Hall–Kier alpha value is -2.89. The average Bonchev–Trinajstić information content (AvgIpc) is 2.48. The molecule has 0 fully saturated rings. The van der Waals surface area contributed by atoms with Crippen molar-refractivity contribution in [2.45, 2.75) is 6.92 Å². The van der Waals surface area contributed by atoms with E-state index < -0.39 is 11.9 Å². The van der Waals surface area contributed by atoms with Gasteiger partial charge in [-0.3, -0.25) is 9.78 Å². The molecule has 0 aliphatic rings. The largest absolute Gasteiger partial charge is 0.496 e. The zero-order valence-corrected chi connectivity index (χ0v) is 11.6. The fourth-order valence-electron chi connectivity index (χ4n) is 1.84. The van der Waals surface area contributed by atoms with Gasteiger partial charge in [0, 0.05) is 11.8 Å². The van der Waals surface area contributed by atoms with Crippen molar-refractivity contribution in [3.63, 3.8) is 0 Å². The maximum atomic E-state index is 12.2. The lowest BCUT2D eigenvalue weighted by atomic mass is 10.1. The third-order valence-electron chi connectivity index (χ3n) is 2.97. The summed E-state index contributed by atoms with van der Waals surface area (Å²) >= 11 is 0. The number of aryl methyl sites for hydroxylation is 1. The summed E-state index contributed by atoms with van der Waals surface area (Å²) in [6.45, 7) is 1.87. The number of pyridine rings is 1. The van der Waals surface area contributed by atoms with Crippen molar-refractivity contribution in [2.24, 2.45) is 0 Å². The molecule has 2 aromatic rings. The molecule has 1 aromatic heterocycles. The molecule has 1 heterocycles. The zero-order valence-electron chi connectivity index (χ0n) is 11.6. The molecule has 6 heteroatoms. The molecule has 108 valence electrons. The number of ether oxygens (including phenoxy) is 1. The van der Waals surface area contributed by atoms with Crippen LogP contribution in [0.3, 0.4) is 0 Å². The highest BCUT2D eigenvalue weighted by atomic mass is 16.5. The number of carboxylic acids is 1. The Morgan fingerprint density at radius 2 is 2.05 bits per heavy atom. The van der Waals surface area contributed by atoms with Crippen LogP contribution in [0.2, 0.25) is 0 Å². The number of amides is 1. The second-order valence-corrected chi connectivity index (χ2v) is 4.36. The molecule has 0 bridgehead atoms. The molecule has 21 heavy (non-hydrogen) atoms. The van der Waals surface area contributed by atoms with Crippen LogP contribution in [0.25, 0.3) is 0 Å². The number of methoxy groups -OCH3 is 1. The molecule has 0 radical (unpaired) electrons. The lowest BCUT2D eigenvalue weighted by Gasteiger charge is -2.10. The molecule has 0 unspecified atom stereocenters. The van der Waals surface area contributed by atoms with E-state index in [1.165, 1.54) is 25.6 Å². The van der Waals surface area contributed by atoms with Crippen molar-refractivity contribution in [1.29, 1.82) is 0 Å². The summed E-state index contributed by atoms with van der Waals surface area (Å²) in [5, 5.41) is 11.6. The number of carbonyl (C=O) groups is 2. The number of anilines is 1. The number of hydrogen-bond acceptors (Lipinski definition) is 4. The Morgan fingerprint density at radius 3 is 2.71 bits per heavy atom. The number of nitrogens with zero attached hydrogens (tertiary/aromatic N) is 1. The van der Waals surface area contributed by atoms with E-state index in [1.54, 1.807) is 18.2 Å². The molecular weight excluding hydrogens is 272 g/mol. The first kappa shape index (κ1) is 14.5. The van der Waals surface area contributed by atoms with E-state index >= 15 is 0 Å². The number of nitrogens with one attached hydrogen (secondary N) is 1. The molecule has 6 nitrogen and oxygen atoms in total. The second-order valence-electron chi connectivity index (χ2n) is 4.36. The average molecular weight is 286 g/mol. The molecule has 0 spiro atoms. The number of aromatic carboxylic acids is 1. The highest BCUT2D eigenvalue weighted by Gasteiger charge is 2.14. The topological polar surface area (TPSA) is 88.5 Å². The number of carboxylic acid groups (broad SMARTS) is 1. The van der Waals surface area contributed by atoms with Gasteiger partial charge in [0.1, 0.15) is 5.75 Å². The van der Waals surface area contributed by atoms with Gasteiger partial charge >= 0.3 is 5.97 Å². The third-order valence-corrected chi connectivity index (χ3v) is 2.97. The van der Waals surface area contributed by atoms with Gasteiger partial charge in [0.15, 0.2) is 0 Å².